The van der Waals surface area contributed by atoms with E-state index in [1.807, 2.05) is 0 Å². The average Bonchev–Trinajstić information content (AvgIpc) is 1.84. The van der Waals surface area contributed by atoms with E-state index in [2.05, 4.69) is 55.7 Å². The van der Waals surface area contributed by atoms with Crippen LogP contribution >= 0.6 is 31.8 Å². The van der Waals surface area contributed by atoms with E-state index in [-0.39, 0.29) is 0 Å². The van der Waals surface area contributed by atoms with Gasteiger partial charge in [-0.1, -0.05) is 22.6 Å². The fourth-order valence-electron chi connectivity index (χ4n) is 1.06. The lowest BCUT2D eigenvalue weighted by atomic mass is 10.3. The summed E-state index contributed by atoms with van der Waals surface area (Å²) in [6, 6.07) is 0. The van der Waals surface area contributed by atoms with E-state index in [4.69, 9.17) is 0 Å². The molecule has 1 aliphatic heterocycles. The van der Waals surface area contributed by atoms with Crippen LogP contribution < -0.4 is 0 Å². The summed E-state index contributed by atoms with van der Waals surface area (Å²) in [4.78, 5) is 4.76. The van der Waals surface area contributed by atoms with Crippen molar-refractivity contribution in [3.63, 3.8) is 0 Å². The third-order valence-corrected chi connectivity index (χ3v) is 4.02. The second-order valence-electron chi connectivity index (χ2n) is 2.88. The standard InChI is InChI=1S/C6H14IN2P/c1-8-4-6(10)9(2)3-5(8)7/h5-6H,3-4,10H2,1-2H3. The first-order valence-corrected chi connectivity index (χ1v) is 5.32. The molecule has 3 atom stereocenters. The van der Waals surface area contributed by atoms with Crippen molar-refractivity contribution in [3.8, 4) is 0 Å². The van der Waals surface area contributed by atoms with Crippen molar-refractivity contribution in [3.05, 3.63) is 0 Å². The van der Waals surface area contributed by atoms with E-state index in [1.165, 1.54) is 6.54 Å². The fourth-order valence-corrected chi connectivity index (χ4v) is 2.36. The first-order valence-electron chi connectivity index (χ1n) is 3.41. The fraction of sp³-hybridized carbons (Fsp3) is 1.00. The Balaban J connectivity index is 2.46. The van der Waals surface area contributed by atoms with E-state index < -0.39 is 0 Å². The van der Waals surface area contributed by atoms with Crippen LogP contribution in [0.3, 0.4) is 0 Å². The van der Waals surface area contributed by atoms with Gasteiger partial charge in [0.2, 0.25) is 0 Å². The molecule has 1 heterocycles. The molecule has 0 N–H and O–H groups in total. The molecule has 0 spiro atoms. The highest BCUT2D eigenvalue weighted by Gasteiger charge is 2.24. The molecule has 0 saturated carbocycles. The topological polar surface area (TPSA) is 6.48 Å². The van der Waals surface area contributed by atoms with E-state index in [9.17, 15) is 0 Å². The summed E-state index contributed by atoms with van der Waals surface area (Å²) < 4.78 is 0.680. The summed E-state index contributed by atoms with van der Waals surface area (Å²) in [7, 11) is 7.22. The zero-order chi connectivity index (χ0) is 7.72. The lowest BCUT2D eigenvalue weighted by Crippen LogP contribution is -2.50. The van der Waals surface area contributed by atoms with Gasteiger partial charge in [0.05, 0.1) is 4.05 Å². The zero-order valence-electron chi connectivity index (χ0n) is 6.42. The van der Waals surface area contributed by atoms with Crippen molar-refractivity contribution in [2.75, 3.05) is 27.2 Å². The Morgan fingerprint density at radius 3 is 2.40 bits per heavy atom. The maximum absolute atomic E-state index is 2.87. The predicted octanol–water partition coefficient (Wildman–Crippen LogP) is 0.826. The third kappa shape index (κ3) is 2.03. The molecule has 60 valence electrons. The Bertz CT molecular complexity index is 96.3. The van der Waals surface area contributed by atoms with Gasteiger partial charge in [-0.15, -0.1) is 9.24 Å². The smallest absolute Gasteiger partial charge is 0.0745 e. The number of nitrogens with zero attached hydrogens (tertiary/aromatic N) is 2. The summed E-state index contributed by atoms with van der Waals surface area (Å²) in [5, 5.41) is 0. The van der Waals surface area contributed by atoms with Crippen LogP contribution in [0.4, 0.5) is 0 Å². The van der Waals surface area contributed by atoms with Crippen LogP contribution in [0.5, 0.6) is 0 Å². The molecule has 0 radical (unpaired) electrons. The van der Waals surface area contributed by atoms with Crippen LogP contribution in [0.15, 0.2) is 0 Å². The number of piperazine rings is 1. The lowest BCUT2D eigenvalue weighted by molar-refractivity contribution is 0.152. The Hall–Kier alpha value is 1.08. The molecule has 1 saturated heterocycles. The van der Waals surface area contributed by atoms with Crippen LogP contribution in [0.25, 0.3) is 0 Å². The highest BCUT2D eigenvalue weighted by molar-refractivity contribution is 14.1. The summed E-state index contributed by atoms with van der Waals surface area (Å²) in [5.41, 5.74) is 0. The quantitative estimate of drug-likeness (QED) is 0.279. The van der Waals surface area contributed by atoms with Crippen molar-refractivity contribution in [2.45, 2.75) is 9.83 Å². The average molecular weight is 272 g/mol. The monoisotopic (exact) mass is 272 g/mol. The molecule has 0 bridgehead atoms. The molecule has 4 heteroatoms. The second-order valence-corrected chi connectivity index (χ2v) is 5.09. The van der Waals surface area contributed by atoms with Gasteiger partial charge in [-0.2, -0.15) is 0 Å². The summed E-state index contributed by atoms with van der Waals surface area (Å²) in [6.45, 7) is 2.33. The van der Waals surface area contributed by atoms with Gasteiger partial charge in [-0.05, 0) is 14.1 Å². The molecular weight excluding hydrogens is 258 g/mol. The van der Waals surface area contributed by atoms with Crippen LogP contribution in [-0.4, -0.2) is 46.8 Å². The van der Waals surface area contributed by atoms with Gasteiger partial charge in [0.25, 0.3) is 0 Å². The Morgan fingerprint density at radius 1 is 1.30 bits per heavy atom. The Morgan fingerprint density at radius 2 is 1.90 bits per heavy atom. The first-order chi connectivity index (χ1) is 4.61. The Kier molecular flexibility index (Phi) is 3.35. The van der Waals surface area contributed by atoms with E-state index >= 15 is 0 Å². The normalized spacial score (nSPS) is 38.4. The lowest BCUT2D eigenvalue weighted by Gasteiger charge is -2.39. The van der Waals surface area contributed by atoms with E-state index in [0.717, 1.165) is 6.54 Å². The molecule has 1 aliphatic rings. The Labute approximate surface area is 78.7 Å². The van der Waals surface area contributed by atoms with Crippen LogP contribution in [0, 0.1) is 0 Å². The molecule has 0 amide bonds. The van der Waals surface area contributed by atoms with Crippen molar-refractivity contribution in [1.29, 1.82) is 0 Å². The number of hydrogen-bond acceptors (Lipinski definition) is 2. The molecule has 0 aromatic heterocycles. The first kappa shape index (κ1) is 9.17. The highest BCUT2D eigenvalue weighted by atomic mass is 127. The number of hydrogen-bond donors (Lipinski definition) is 0. The van der Waals surface area contributed by atoms with Gasteiger partial charge in [-0.25, -0.2) is 0 Å². The summed E-state index contributed by atoms with van der Waals surface area (Å²) in [6.07, 6.45) is 0. The molecule has 1 fully saturated rings. The van der Waals surface area contributed by atoms with Gasteiger partial charge in [0.1, 0.15) is 0 Å². The van der Waals surface area contributed by atoms with Crippen molar-refractivity contribution < 1.29 is 0 Å². The SMILES string of the molecule is CN1CC(I)N(C)CC1P. The molecule has 0 aliphatic carbocycles. The van der Waals surface area contributed by atoms with E-state index in [1.54, 1.807) is 0 Å². The van der Waals surface area contributed by atoms with Crippen molar-refractivity contribution >= 4 is 31.8 Å². The number of likely N-dealkylation sites (N-methyl/N-ethyl adjacent to an activating group) is 2. The van der Waals surface area contributed by atoms with Gasteiger partial charge < -0.3 is 0 Å². The largest absolute Gasteiger partial charge is 0.296 e. The van der Waals surface area contributed by atoms with Crippen LogP contribution in [0.1, 0.15) is 0 Å². The highest BCUT2D eigenvalue weighted by Crippen LogP contribution is 2.19. The minimum absolute atomic E-state index is 0.635. The molecule has 0 aromatic rings. The maximum Gasteiger partial charge on any atom is 0.0745 e. The summed E-state index contributed by atoms with van der Waals surface area (Å²) in [5.74, 6) is 0.635. The number of halogens is 1. The van der Waals surface area contributed by atoms with Gasteiger partial charge in [-0.3, -0.25) is 9.80 Å². The second kappa shape index (κ2) is 3.65. The number of rotatable bonds is 0. The molecule has 0 aromatic carbocycles. The van der Waals surface area contributed by atoms with E-state index in [0.29, 0.717) is 9.83 Å². The molecule has 3 unspecified atom stereocenters. The van der Waals surface area contributed by atoms with Crippen LogP contribution in [0.2, 0.25) is 0 Å². The van der Waals surface area contributed by atoms with Crippen molar-refractivity contribution in [1.82, 2.24) is 9.80 Å². The molecule has 10 heavy (non-hydrogen) atoms. The molecule has 2 nitrogen and oxygen atoms in total. The minimum Gasteiger partial charge on any atom is -0.296 e. The van der Waals surface area contributed by atoms with Gasteiger partial charge in [0.15, 0.2) is 0 Å². The predicted molar refractivity (Wildman–Crippen MR) is 56.6 cm³/mol. The zero-order valence-corrected chi connectivity index (χ0v) is 9.73. The molecule has 1 rings (SSSR count). The van der Waals surface area contributed by atoms with Crippen molar-refractivity contribution in [2.24, 2.45) is 0 Å². The molecular formula is C6H14IN2P. The summed E-state index contributed by atoms with van der Waals surface area (Å²) >= 11 is 2.48. The maximum atomic E-state index is 2.87. The van der Waals surface area contributed by atoms with Crippen LogP contribution in [-0.2, 0) is 0 Å². The third-order valence-electron chi connectivity index (χ3n) is 1.96. The number of alkyl halides is 1. The van der Waals surface area contributed by atoms with Gasteiger partial charge >= 0.3 is 0 Å². The minimum atomic E-state index is 0.635. The van der Waals surface area contributed by atoms with Gasteiger partial charge in [0, 0.05) is 18.9 Å².